The summed E-state index contributed by atoms with van der Waals surface area (Å²) in [6.45, 7) is 9.27. The molecular weight excluding hydrogens is 406 g/mol. The maximum absolute atomic E-state index is 13.2. The van der Waals surface area contributed by atoms with Crippen LogP contribution in [0.1, 0.15) is 47.5 Å². The molecule has 1 aliphatic heterocycles. The van der Waals surface area contributed by atoms with Crippen molar-refractivity contribution in [2.75, 3.05) is 33.8 Å². The highest BCUT2D eigenvalue weighted by molar-refractivity contribution is 6.46. The first kappa shape index (κ1) is 23.6. The first-order valence-corrected chi connectivity index (χ1v) is 11.0. The summed E-state index contributed by atoms with van der Waals surface area (Å²) in [7, 11) is 3.94. The Balaban J connectivity index is 2.16. The van der Waals surface area contributed by atoms with Gasteiger partial charge in [-0.3, -0.25) is 9.59 Å². The molecule has 1 aliphatic rings. The predicted molar refractivity (Wildman–Crippen MR) is 125 cm³/mol. The second-order valence-electron chi connectivity index (χ2n) is 8.53. The van der Waals surface area contributed by atoms with E-state index in [1.165, 1.54) is 0 Å². The number of nitrogens with one attached hydrogen (secondary N) is 1. The molecule has 2 N–H and O–H groups in total. The molecule has 1 unspecified atom stereocenters. The summed E-state index contributed by atoms with van der Waals surface area (Å²) in [5, 5.41) is 11.3. The number of ether oxygens (including phenoxy) is 1. The van der Waals surface area contributed by atoms with E-state index in [2.05, 4.69) is 4.98 Å². The molecule has 0 saturated carbocycles. The van der Waals surface area contributed by atoms with Gasteiger partial charge in [0.1, 0.15) is 11.5 Å². The number of rotatable bonds is 8. The minimum atomic E-state index is -0.674. The number of nitrogens with zero attached hydrogens (tertiary/aromatic N) is 2. The van der Waals surface area contributed by atoms with Crippen molar-refractivity contribution in [3.8, 4) is 5.75 Å². The zero-order valence-corrected chi connectivity index (χ0v) is 19.8. The van der Waals surface area contributed by atoms with Crippen molar-refractivity contribution in [2.24, 2.45) is 0 Å². The average Bonchev–Trinajstić information content (AvgIpc) is 3.14. The molecule has 7 nitrogen and oxygen atoms in total. The van der Waals surface area contributed by atoms with Crippen molar-refractivity contribution in [3.63, 3.8) is 0 Å². The van der Waals surface area contributed by atoms with E-state index in [-0.39, 0.29) is 11.3 Å². The third kappa shape index (κ3) is 4.43. The molecule has 3 rings (SSSR count). The van der Waals surface area contributed by atoms with Crippen LogP contribution in [0.4, 0.5) is 0 Å². The molecule has 2 heterocycles. The summed E-state index contributed by atoms with van der Waals surface area (Å²) in [5.41, 5.74) is 3.99. The largest absolute Gasteiger partial charge is 0.507 e. The van der Waals surface area contributed by atoms with E-state index >= 15 is 0 Å². The van der Waals surface area contributed by atoms with Crippen LogP contribution in [0.2, 0.25) is 0 Å². The van der Waals surface area contributed by atoms with Crippen molar-refractivity contribution >= 4 is 17.4 Å². The Labute approximate surface area is 189 Å². The van der Waals surface area contributed by atoms with Crippen molar-refractivity contribution < 1.29 is 19.4 Å². The van der Waals surface area contributed by atoms with Crippen LogP contribution in [0, 0.1) is 20.8 Å². The number of benzene rings is 1. The van der Waals surface area contributed by atoms with Gasteiger partial charge in [-0.05, 0) is 78.0 Å². The summed E-state index contributed by atoms with van der Waals surface area (Å²) in [6.07, 6.45) is 0.711. The number of carbonyl (C=O) groups is 2. The number of carbonyl (C=O) groups excluding carboxylic acids is 2. The fourth-order valence-electron chi connectivity index (χ4n) is 4.35. The molecule has 1 aromatic carbocycles. The lowest BCUT2D eigenvalue weighted by Crippen LogP contribution is -2.32. The third-order valence-electron chi connectivity index (χ3n) is 5.95. The quantitative estimate of drug-likeness (QED) is 0.372. The van der Waals surface area contributed by atoms with Gasteiger partial charge in [-0.1, -0.05) is 12.1 Å². The summed E-state index contributed by atoms with van der Waals surface area (Å²) >= 11 is 0. The molecule has 1 amide bonds. The lowest BCUT2D eigenvalue weighted by Gasteiger charge is -2.26. The zero-order chi connectivity index (χ0) is 23.6. The minimum absolute atomic E-state index is 0.124. The van der Waals surface area contributed by atoms with E-state index in [9.17, 15) is 14.7 Å². The van der Waals surface area contributed by atoms with Gasteiger partial charge in [-0.25, -0.2) is 0 Å². The van der Waals surface area contributed by atoms with Crippen molar-refractivity contribution in [1.29, 1.82) is 0 Å². The topological polar surface area (TPSA) is 85.9 Å². The Kier molecular flexibility index (Phi) is 7.09. The van der Waals surface area contributed by atoms with E-state index < -0.39 is 17.7 Å². The number of Topliss-reactive ketones (excluding diaryl/α,β-unsaturated/α-hetero) is 1. The first-order chi connectivity index (χ1) is 15.2. The lowest BCUT2D eigenvalue weighted by atomic mass is 9.94. The number of aromatic amines is 1. The molecule has 7 heteroatoms. The zero-order valence-electron chi connectivity index (χ0n) is 19.8. The Hall–Kier alpha value is -3.06. The Morgan fingerprint density at radius 3 is 2.50 bits per heavy atom. The Morgan fingerprint density at radius 2 is 1.91 bits per heavy atom. The molecule has 1 fully saturated rings. The Morgan fingerprint density at radius 1 is 1.19 bits per heavy atom. The molecule has 0 bridgehead atoms. The number of hydrogen-bond acceptors (Lipinski definition) is 5. The molecule has 0 spiro atoms. The summed E-state index contributed by atoms with van der Waals surface area (Å²) < 4.78 is 5.65. The summed E-state index contributed by atoms with van der Waals surface area (Å²) in [5.74, 6) is -0.713. The van der Waals surface area contributed by atoms with Crippen LogP contribution in [-0.4, -0.2) is 65.4 Å². The van der Waals surface area contributed by atoms with Crippen LogP contribution in [0.3, 0.4) is 0 Å². The number of aromatic nitrogens is 1. The van der Waals surface area contributed by atoms with Gasteiger partial charge >= 0.3 is 0 Å². The molecule has 1 saturated heterocycles. The van der Waals surface area contributed by atoms with Gasteiger partial charge in [-0.15, -0.1) is 0 Å². The standard InChI is InChI=1S/C25H33N3O4/c1-7-32-19-11-8-10-18(14-19)22-21(23(29)20-15(2)16(3)26-17(20)4)24(30)25(31)28(22)13-9-12-27(5)6/h8,10-11,14,22,26,29H,7,9,12-13H2,1-6H3/b23-21+. The molecule has 2 aromatic rings. The van der Waals surface area contributed by atoms with Gasteiger partial charge < -0.3 is 24.6 Å². The van der Waals surface area contributed by atoms with Crippen LogP contribution in [-0.2, 0) is 9.59 Å². The number of aryl methyl sites for hydroxylation is 2. The normalized spacial score (nSPS) is 18.1. The molecular formula is C25H33N3O4. The van der Waals surface area contributed by atoms with Crippen LogP contribution in [0.25, 0.3) is 5.76 Å². The highest BCUT2D eigenvalue weighted by Crippen LogP contribution is 2.41. The van der Waals surface area contributed by atoms with Gasteiger partial charge in [-0.2, -0.15) is 0 Å². The van der Waals surface area contributed by atoms with Crippen LogP contribution >= 0.6 is 0 Å². The van der Waals surface area contributed by atoms with E-state index in [1.54, 1.807) is 4.90 Å². The SMILES string of the molecule is CCOc1cccc(C2/C(=C(\O)c3c(C)[nH]c(C)c3C)C(=O)C(=O)N2CCCN(C)C)c1. The number of H-pyrrole nitrogens is 1. The molecule has 1 atom stereocenters. The van der Waals surface area contributed by atoms with Crippen LogP contribution in [0.15, 0.2) is 29.8 Å². The number of likely N-dealkylation sites (tertiary alicyclic amines) is 1. The second kappa shape index (κ2) is 9.61. The van der Waals surface area contributed by atoms with Crippen LogP contribution < -0.4 is 4.74 Å². The third-order valence-corrected chi connectivity index (χ3v) is 5.95. The fraction of sp³-hybridized carbons (Fsp3) is 0.440. The minimum Gasteiger partial charge on any atom is -0.507 e. The number of hydrogen-bond donors (Lipinski definition) is 2. The number of ketones is 1. The highest BCUT2D eigenvalue weighted by atomic mass is 16.5. The molecule has 32 heavy (non-hydrogen) atoms. The molecule has 1 aromatic heterocycles. The van der Waals surface area contributed by atoms with Crippen LogP contribution in [0.5, 0.6) is 5.75 Å². The van der Waals surface area contributed by atoms with Crippen molar-refractivity contribution in [2.45, 2.75) is 40.2 Å². The van der Waals surface area contributed by atoms with Crippen molar-refractivity contribution in [1.82, 2.24) is 14.8 Å². The fourth-order valence-corrected chi connectivity index (χ4v) is 4.35. The number of aliphatic hydroxyl groups excluding tert-OH is 1. The number of aliphatic hydroxyl groups is 1. The second-order valence-corrected chi connectivity index (χ2v) is 8.53. The molecule has 172 valence electrons. The van der Waals surface area contributed by atoms with Crippen molar-refractivity contribution in [3.05, 3.63) is 57.9 Å². The van der Waals surface area contributed by atoms with Gasteiger partial charge in [0.25, 0.3) is 11.7 Å². The van der Waals surface area contributed by atoms with Gasteiger partial charge in [0.05, 0.1) is 18.2 Å². The van der Waals surface area contributed by atoms with E-state index in [0.717, 1.165) is 29.1 Å². The smallest absolute Gasteiger partial charge is 0.295 e. The molecule has 0 aliphatic carbocycles. The Bertz CT molecular complexity index is 1050. The summed E-state index contributed by atoms with van der Waals surface area (Å²) in [4.78, 5) is 33.1. The first-order valence-electron chi connectivity index (χ1n) is 11.0. The lowest BCUT2D eigenvalue weighted by molar-refractivity contribution is -0.139. The van der Waals surface area contributed by atoms with E-state index in [0.29, 0.717) is 30.9 Å². The van der Waals surface area contributed by atoms with Gasteiger partial charge in [0.15, 0.2) is 0 Å². The van der Waals surface area contributed by atoms with Gasteiger partial charge in [0, 0.05) is 23.5 Å². The summed E-state index contributed by atoms with van der Waals surface area (Å²) in [6, 6.07) is 6.72. The van der Waals surface area contributed by atoms with E-state index in [4.69, 9.17) is 4.74 Å². The highest BCUT2D eigenvalue weighted by Gasteiger charge is 2.46. The number of amides is 1. The maximum Gasteiger partial charge on any atom is 0.295 e. The van der Waals surface area contributed by atoms with Gasteiger partial charge in [0.2, 0.25) is 0 Å². The molecule has 0 radical (unpaired) electrons. The van der Waals surface area contributed by atoms with E-state index in [1.807, 2.05) is 71.0 Å². The maximum atomic E-state index is 13.2. The predicted octanol–water partition coefficient (Wildman–Crippen LogP) is 3.71. The average molecular weight is 440 g/mol. The monoisotopic (exact) mass is 439 g/mol.